The monoisotopic (exact) mass is 292 g/mol. The molecule has 0 atom stereocenters. The molecule has 4 nitrogen and oxygen atoms in total. The van der Waals surface area contributed by atoms with Crippen molar-refractivity contribution in [3.05, 3.63) is 39.8 Å². The summed E-state index contributed by atoms with van der Waals surface area (Å²) in [6.45, 7) is 7.24. The van der Waals surface area contributed by atoms with Gasteiger partial charge in [-0.25, -0.2) is 0 Å². The molecule has 0 spiro atoms. The summed E-state index contributed by atoms with van der Waals surface area (Å²) < 4.78 is 1.85. The number of rotatable bonds is 7. The Hall–Kier alpha value is -1.17. The fourth-order valence-corrected chi connectivity index (χ4v) is 3.14. The number of thiophene rings is 1. The predicted molar refractivity (Wildman–Crippen MR) is 84.7 cm³/mol. The average molecular weight is 292 g/mol. The fourth-order valence-electron chi connectivity index (χ4n) is 2.09. The van der Waals surface area contributed by atoms with Gasteiger partial charge in [-0.15, -0.1) is 11.3 Å². The highest BCUT2D eigenvalue weighted by molar-refractivity contribution is 7.11. The SMILES string of the molecule is CC(C)NCc1ccc(CN(C)Cc2cnn(C)c2)s1. The van der Waals surface area contributed by atoms with Crippen molar-refractivity contribution in [3.63, 3.8) is 0 Å². The normalized spacial score (nSPS) is 11.7. The third kappa shape index (κ3) is 4.74. The Bertz CT molecular complexity index is 529. The summed E-state index contributed by atoms with van der Waals surface area (Å²) in [5, 5.41) is 7.66. The summed E-state index contributed by atoms with van der Waals surface area (Å²) in [5.41, 5.74) is 1.26. The van der Waals surface area contributed by atoms with Crippen LogP contribution in [0.1, 0.15) is 29.2 Å². The van der Waals surface area contributed by atoms with Gasteiger partial charge in [-0.05, 0) is 19.2 Å². The Morgan fingerprint density at radius 1 is 1.30 bits per heavy atom. The van der Waals surface area contributed by atoms with Crippen LogP contribution in [0.3, 0.4) is 0 Å². The molecule has 1 N–H and O–H groups in total. The minimum atomic E-state index is 0.536. The molecular formula is C15H24N4S. The molecule has 0 amide bonds. The molecular weight excluding hydrogens is 268 g/mol. The minimum absolute atomic E-state index is 0.536. The molecule has 0 fully saturated rings. The van der Waals surface area contributed by atoms with Gasteiger partial charge in [0.25, 0.3) is 0 Å². The van der Waals surface area contributed by atoms with Crippen molar-refractivity contribution < 1.29 is 0 Å². The van der Waals surface area contributed by atoms with Crippen molar-refractivity contribution in [1.82, 2.24) is 20.0 Å². The molecule has 2 rings (SSSR count). The van der Waals surface area contributed by atoms with Gasteiger partial charge in [0.1, 0.15) is 0 Å². The quantitative estimate of drug-likeness (QED) is 0.851. The predicted octanol–water partition coefficient (Wildman–Crippen LogP) is 2.61. The summed E-state index contributed by atoms with van der Waals surface area (Å²) in [7, 11) is 4.11. The first-order valence-corrected chi connectivity index (χ1v) is 7.81. The van der Waals surface area contributed by atoms with E-state index in [1.807, 2.05) is 29.3 Å². The molecule has 2 aromatic rings. The Balaban J connectivity index is 1.83. The molecule has 0 saturated heterocycles. The van der Waals surface area contributed by atoms with Gasteiger partial charge in [-0.3, -0.25) is 9.58 Å². The summed E-state index contributed by atoms with van der Waals surface area (Å²) in [6.07, 6.45) is 4.01. The van der Waals surface area contributed by atoms with E-state index in [0.29, 0.717) is 6.04 Å². The lowest BCUT2D eigenvalue weighted by Gasteiger charge is -2.14. The van der Waals surface area contributed by atoms with Gasteiger partial charge in [0, 0.05) is 54.2 Å². The van der Waals surface area contributed by atoms with Crippen LogP contribution in [0.2, 0.25) is 0 Å². The van der Waals surface area contributed by atoms with Crippen LogP contribution >= 0.6 is 11.3 Å². The van der Waals surface area contributed by atoms with Crippen LogP contribution in [0.15, 0.2) is 24.5 Å². The highest BCUT2D eigenvalue weighted by Gasteiger charge is 2.06. The third-order valence-corrected chi connectivity index (χ3v) is 4.11. The number of aromatic nitrogens is 2. The largest absolute Gasteiger partial charge is 0.310 e. The summed E-state index contributed by atoms with van der Waals surface area (Å²) in [4.78, 5) is 5.14. The molecule has 0 aromatic carbocycles. The van der Waals surface area contributed by atoms with E-state index in [-0.39, 0.29) is 0 Å². The van der Waals surface area contributed by atoms with Gasteiger partial charge in [0.05, 0.1) is 6.20 Å². The van der Waals surface area contributed by atoms with E-state index >= 15 is 0 Å². The third-order valence-electron chi connectivity index (χ3n) is 3.04. The molecule has 2 heterocycles. The van der Waals surface area contributed by atoms with E-state index in [1.54, 1.807) is 0 Å². The molecule has 0 aliphatic carbocycles. The lowest BCUT2D eigenvalue weighted by atomic mass is 10.3. The molecule has 0 bridgehead atoms. The Labute approximate surface area is 125 Å². The van der Waals surface area contributed by atoms with Crippen molar-refractivity contribution in [2.75, 3.05) is 7.05 Å². The zero-order chi connectivity index (χ0) is 14.5. The molecule has 0 radical (unpaired) electrons. The minimum Gasteiger partial charge on any atom is -0.310 e. The Kier molecular flexibility index (Phi) is 5.34. The first-order valence-electron chi connectivity index (χ1n) is 7.00. The van der Waals surface area contributed by atoms with Crippen LogP contribution in [0, 0.1) is 0 Å². The molecule has 5 heteroatoms. The van der Waals surface area contributed by atoms with Crippen molar-refractivity contribution >= 4 is 11.3 Å². The van der Waals surface area contributed by atoms with E-state index in [9.17, 15) is 0 Å². The molecule has 2 aromatic heterocycles. The van der Waals surface area contributed by atoms with Crippen LogP contribution in [-0.2, 0) is 26.7 Å². The maximum absolute atomic E-state index is 4.21. The topological polar surface area (TPSA) is 33.1 Å². The molecule has 0 saturated carbocycles. The second-order valence-electron chi connectivity index (χ2n) is 5.60. The first kappa shape index (κ1) is 15.2. The lowest BCUT2D eigenvalue weighted by molar-refractivity contribution is 0.322. The van der Waals surface area contributed by atoms with Gasteiger partial charge in [-0.1, -0.05) is 13.8 Å². The summed E-state index contributed by atoms with van der Waals surface area (Å²) in [5.74, 6) is 0. The molecule has 20 heavy (non-hydrogen) atoms. The van der Waals surface area contributed by atoms with E-state index in [0.717, 1.165) is 19.6 Å². The standard InChI is InChI=1S/C15H24N4S/c1-12(2)16-8-14-5-6-15(20-14)11-18(3)9-13-7-17-19(4)10-13/h5-7,10,12,16H,8-9,11H2,1-4H3. The zero-order valence-corrected chi connectivity index (χ0v) is 13.6. The van der Waals surface area contributed by atoms with Crippen LogP contribution in [0.4, 0.5) is 0 Å². The van der Waals surface area contributed by atoms with E-state index in [2.05, 4.69) is 54.5 Å². The highest BCUT2D eigenvalue weighted by Crippen LogP contribution is 2.18. The van der Waals surface area contributed by atoms with Gasteiger partial charge in [0.15, 0.2) is 0 Å². The van der Waals surface area contributed by atoms with Crippen molar-refractivity contribution in [2.24, 2.45) is 7.05 Å². The number of nitrogens with zero attached hydrogens (tertiary/aromatic N) is 3. The lowest BCUT2D eigenvalue weighted by Crippen LogP contribution is -2.21. The van der Waals surface area contributed by atoms with E-state index in [1.165, 1.54) is 15.3 Å². The van der Waals surface area contributed by atoms with Gasteiger partial charge in [-0.2, -0.15) is 5.10 Å². The number of nitrogens with one attached hydrogen (secondary N) is 1. The smallest absolute Gasteiger partial charge is 0.0534 e. The Morgan fingerprint density at radius 3 is 2.70 bits per heavy atom. The van der Waals surface area contributed by atoms with Gasteiger partial charge < -0.3 is 5.32 Å². The fraction of sp³-hybridized carbons (Fsp3) is 0.533. The number of hydrogen-bond donors (Lipinski definition) is 1. The number of aryl methyl sites for hydroxylation is 1. The molecule has 0 unspecified atom stereocenters. The second-order valence-corrected chi connectivity index (χ2v) is 6.85. The van der Waals surface area contributed by atoms with Gasteiger partial charge >= 0.3 is 0 Å². The maximum atomic E-state index is 4.21. The zero-order valence-electron chi connectivity index (χ0n) is 12.8. The second kappa shape index (κ2) is 7.02. The van der Waals surface area contributed by atoms with Crippen molar-refractivity contribution in [2.45, 2.75) is 39.5 Å². The highest BCUT2D eigenvalue weighted by atomic mass is 32.1. The van der Waals surface area contributed by atoms with Crippen LogP contribution in [0.25, 0.3) is 0 Å². The molecule has 0 aliphatic rings. The van der Waals surface area contributed by atoms with Gasteiger partial charge in [0.2, 0.25) is 0 Å². The van der Waals surface area contributed by atoms with Crippen molar-refractivity contribution in [1.29, 1.82) is 0 Å². The van der Waals surface area contributed by atoms with Crippen LogP contribution in [-0.4, -0.2) is 27.8 Å². The number of hydrogen-bond acceptors (Lipinski definition) is 4. The van der Waals surface area contributed by atoms with Crippen LogP contribution in [0.5, 0.6) is 0 Å². The van der Waals surface area contributed by atoms with Crippen LogP contribution < -0.4 is 5.32 Å². The maximum Gasteiger partial charge on any atom is 0.0534 e. The first-order chi connectivity index (χ1) is 9.52. The molecule has 110 valence electrons. The van der Waals surface area contributed by atoms with Crippen molar-refractivity contribution in [3.8, 4) is 0 Å². The van der Waals surface area contributed by atoms with E-state index in [4.69, 9.17) is 0 Å². The molecule has 0 aliphatic heterocycles. The average Bonchev–Trinajstić information content (AvgIpc) is 2.96. The Morgan fingerprint density at radius 2 is 2.05 bits per heavy atom. The summed E-state index contributed by atoms with van der Waals surface area (Å²) in [6, 6.07) is 5.00. The van der Waals surface area contributed by atoms with E-state index < -0.39 is 0 Å². The summed E-state index contributed by atoms with van der Waals surface area (Å²) >= 11 is 1.89.